The monoisotopic (exact) mass is 191 g/mol. The smallest absolute Gasteiger partial charge is 0.0721 e. The lowest BCUT2D eigenvalue weighted by atomic mass is 10.2. The Bertz CT molecular complexity index is 269. The van der Waals surface area contributed by atoms with Crippen molar-refractivity contribution in [1.29, 1.82) is 0 Å². The average molecular weight is 191 g/mol. The first-order chi connectivity index (χ1) is 6.83. The third kappa shape index (κ3) is 4.21. The quantitative estimate of drug-likeness (QED) is 0.694. The second-order valence-corrected chi connectivity index (χ2v) is 3.26. The van der Waals surface area contributed by atoms with Gasteiger partial charge in [-0.05, 0) is 18.2 Å². The first-order valence-electron chi connectivity index (χ1n) is 4.76. The fraction of sp³-hybridized carbons (Fsp3) is 0.333. The van der Waals surface area contributed by atoms with Gasteiger partial charge in [0.05, 0.1) is 13.2 Å². The number of rotatable bonds is 6. The summed E-state index contributed by atoms with van der Waals surface area (Å²) in [6, 6.07) is 10.1. The molecule has 1 aromatic carbocycles. The van der Waals surface area contributed by atoms with Crippen LogP contribution in [-0.4, -0.2) is 20.2 Å². The highest BCUT2D eigenvalue weighted by Crippen LogP contribution is 2.01. The van der Waals surface area contributed by atoms with E-state index in [1.807, 2.05) is 25.2 Å². The minimum absolute atomic E-state index is 0.621. The molecule has 0 fully saturated rings. The molecule has 0 aliphatic heterocycles. The molecule has 14 heavy (non-hydrogen) atoms. The van der Waals surface area contributed by atoms with Gasteiger partial charge in [-0.1, -0.05) is 36.9 Å². The maximum atomic E-state index is 5.49. The van der Waals surface area contributed by atoms with Crippen LogP contribution in [0.2, 0.25) is 0 Å². The zero-order valence-electron chi connectivity index (χ0n) is 8.62. The van der Waals surface area contributed by atoms with Gasteiger partial charge in [-0.15, -0.1) is 0 Å². The molecule has 1 N–H and O–H groups in total. The van der Waals surface area contributed by atoms with Gasteiger partial charge in [-0.2, -0.15) is 0 Å². The van der Waals surface area contributed by atoms with Crippen molar-refractivity contribution in [2.75, 3.05) is 20.2 Å². The highest BCUT2D eigenvalue weighted by molar-refractivity contribution is 5.13. The zero-order valence-corrected chi connectivity index (χ0v) is 8.62. The molecule has 0 unspecified atom stereocenters. The van der Waals surface area contributed by atoms with E-state index in [1.54, 1.807) is 0 Å². The van der Waals surface area contributed by atoms with E-state index in [0.29, 0.717) is 13.2 Å². The number of benzene rings is 1. The van der Waals surface area contributed by atoms with Gasteiger partial charge in [0.1, 0.15) is 0 Å². The van der Waals surface area contributed by atoms with E-state index in [1.165, 1.54) is 5.56 Å². The number of hydrogen-bond donors (Lipinski definition) is 1. The Morgan fingerprint density at radius 2 is 2.07 bits per heavy atom. The van der Waals surface area contributed by atoms with Crippen molar-refractivity contribution in [3.8, 4) is 0 Å². The molecule has 0 spiro atoms. The molecule has 0 amide bonds. The molecule has 0 bridgehead atoms. The minimum atomic E-state index is 0.621. The van der Waals surface area contributed by atoms with Gasteiger partial charge in [0.25, 0.3) is 0 Å². The average Bonchev–Trinajstić information content (AvgIpc) is 2.20. The van der Waals surface area contributed by atoms with Crippen molar-refractivity contribution < 1.29 is 4.74 Å². The number of hydrogen-bond acceptors (Lipinski definition) is 2. The molecule has 0 saturated carbocycles. The van der Waals surface area contributed by atoms with Crippen LogP contribution in [0.3, 0.4) is 0 Å². The maximum absolute atomic E-state index is 5.49. The Morgan fingerprint density at radius 1 is 1.36 bits per heavy atom. The van der Waals surface area contributed by atoms with Crippen molar-refractivity contribution in [3.63, 3.8) is 0 Å². The molecule has 1 aromatic rings. The molecule has 0 heterocycles. The summed E-state index contributed by atoms with van der Waals surface area (Å²) >= 11 is 0. The van der Waals surface area contributed by atoms with Gasteiger partial charge in [0.15, 0.2) is 0 Å². The maximum Gasteiger partial charge on any atom is 0.0721 e. The van der Waals surface area contributed by atoms with E-state index in [9.17, 15) is 0 Å². The van der Waals surface area contributed by atoms with Crippen molar-refractivity contribution in [1.82, 2.24) is 5.32 Å². The first-order valence-corrected chi connectivity index (χ1v) is 4.76. The Balaban J connectivity index is 2.19. The lowest BCUT2D eigenvalue weighted by molar-refractivity contribution is 0.141. The molecule has 2 nitrogen and oxygen atoms in total. The largest absolute Gasteiger partial charge is 0.372 e. The van der Waals surface area contributed by atoms with Crippen molar-refractivity contribution in [3.05, 3.63) is 48.0 Å². The van der Waals surface area contributed by atoms with Gasteiger partial charge in [-0.25, -0.2) is 0 Å². The lowest BCUT2D eigenvalue weighted by Gasteiger charge is -2.06. The second kappa shape index (κ2) is 6.35. The molecule has 0 aliphatic rings. The topological polar surface area (TPSA) is 21.3 Å². The predicted octanol–water partition coefficient (Wildman–Crippen LogP) is 1.98. The highest BCUT2D eigenvalue weighted by atomic mass is 16.5. The van der Waals surface area contributed by atoms with Crippen molar-refractivity contribution >= 4 is 0 Å². The summed E-state index contributed by atoms with van der Waals surface area (Å²) in [5.41, 5.74) is 2.27. The molecule has 0 aromatic heterocycles. The Labute approximate surface area is 85.6 Å². The lowest BCUT2D eigenvalue weighted by Crippen LogP contribution is -2.13. The summed E-state index contributed by atoms with van der Waals surface area (Å²) in [5, 5.41) is 3.04. The normalized spacial score (nSPS) is 10.1. The van der Waals surface area contributed by atoms with Crippen LogP contribution in [0, 0.1) is 0 Å². The number of likely N-dealkylation sites (N-methyl/N-ethyl adjacent to an activating group) is 1. The predicted molar refractivity (Wildman–Crippen MR) is 59.2 cm³/mol. The van der Waals surface area contributed by atoms with E-state index in [-0.39, 0.29) is 0 Å². The van der Waals surface area contributed by atoms with Crippen molar-refractivity contribution in [2.45, 2.75) is 6.61 Å². The summed E-state index contributed by atoms with van der Waals surface area (Å²) in [4.78, 5) is 0. The van der Waals surface area contributed by atoms with E-state index in [4.69, 9.17) is 4.74 Å². The zero-order chi connectivity index (χ0) is 10.2. The van der Waals surface area contributed by atoms with Crippen LogP contribution in [0.25, 0.3) is 0 Å². The summed E-state index contributed by atoms with van der Waals surface area (Å²) < 4.78 is 5.49. The highest BCUT2D eigenvalue weighted by Gasteiger charge is 1.94. The fourth-order valence-electron chi connectivity index (χ4n) is 1.19. The Kier molecular flexibility index (Phi) is 4.97. The van der Waals surface area contributed by atoms with Crippen LogP contribution >= 0.6 is 0 Å². The minimum Gasteiger partial charge on any atom is -0.372 e. The Hall–Kier alpha value is -1.12. The molecule has 76 valence electrons. The van der Waals surface area contributed by atoms with Crippen molar-refractivity contribution in [2.24, 2.45) is 0 Å². The molecule has 0 aliphatic carbocycles. The van der Waals surface area contributed by atoms with Gasteiger partial charge in [0.2, 0.25) is 0 Å². The number of ether oxygens (including phenoxy) is 1. The van der Waals surface area contributed by atoms with Gasteiger partial charge >= 0.3 is 0 Å². The molecule has 0 radical (unpaired) electrons. The Morgan fingerprint density at radius 3 is 2.71 bits per heavy atom. The van der Waals surface area contributed by atoms with Crippen LogP contribution in [0.4, 0.5) is 0 Å². The summed E-state index contributed by atoms with van der Waals surface area (Å²) in [6.07, 6.45) is 0. The van der Waals surface area contributed by atoms with Gasteiger partial charge in [0, 0.05) is 6.54 Å². The van der Waals surface area contributed by atoms with E-state index in [2.05, 4.69) is 24.0 Å². The standard InChI is InChI=1S/C12H17NO/c1-11(8-13-2)9-14-10-12-6-4-3-5-7-12/h3-7,13H,1,8-10H2,2H3. The second-order valence-electron chi connectivity index (χ2n) is 3.26. The molecule has 2 heteroatoms. The molecular weight excluding hydrogens is 174 g/mol. The summed E-state index contributed by atoms with van der Waals surface area (Å²) in [6.45, 7) is 5.98. The van der Waals surface area contributed by atoms with Crippen LogP contribution < -0.4 is 5.32 Å². The molecular formula is C12H17NO. The molecule has 1 rings (SSSR count). The third-order valence-corrected chi connectivity index (χ3v) is 1.84. The van der Waals surface area contributed by atoms with Crippen LogP contribution in [-0.2, 0) is 11.3 Å². The van der Waals surface area contributed by atoms with Gasteiger partial charge < -0.3 is 10.1 Å². The summed E-state index contributed by atoms with van der Waals surface area (Å²) in [7, 11) is 1.91. The van der Waals surface area contributed by atoms with Crippen LogP contribution in [0.1, 0.15) is 5.56 Å². The van der Waals surface area contributed by atoms with Gasteiger partial charge in [-0.3, -0.25) is 0 Å². The molecule has 0 saturated heterocycles. The van der Waals surface area contributed by atoms with E-state index >= 15 is 0 Å². The third-order valence-electron chi connectivity index (χ3n) is 1.84. The van der Waals surface area contributed by atoms with Crippen LogP contribution in [0.5, 0.6) is 0 Å². The summed E-state index contributed by atoms with van der Waals surface area (Å²) in [5.74, 6) is 0. The fourth-order valence-corrected chi connectivity index (χ4v) is 1.19. The first kappa shape index (κ1) is 11.0. The van der Waals surface area contributed by atoms with E-state index in [0.717, 1.165) is 12.1 Å². The molecule has 0 atom stereocenters. The number of nitrogens with one attached hydrogen (secondary N) is 1. The van der Waals surface area contributed by atoms with E-state index < -0.39 is 0 Å². The SMILES string of the molecule is C=C(CNC)COCc1ccccc1. The van der Waals surface area contributed by atoms with Crippen LogP contribution in [0.15, 0.2) is 42.5 Å².